The monoisotopic (exact) mass is 270 g/mol. The van der Waals surface area contributed by atoms with E-state index < -0.39 is 12.2 Å². The molecule has 0 atom stereocenters. The SMILES string of the molecule is Cc1ccc(F)cc1-c1ccc(OC(F)(F)F)cc1. The van der Waals surface area contributed by atoms with E-state index in [-0.39, 0.29) is 5.75 Å². The second-order valence-electron chi connectivity index (χ2n) is 4.03. The highest BCUT2D eigenvalue weighted by Crippen LogP contribution is 2.28. The summed E-state index contributed by atoms with van der Waals surface area (Å²) < 4.78 is 53.0. The van der Waals surface area contributed by atoms with Gasteiger partial charge < -0.3 is 4.74 Å². The molecule has 0 heterocycles. The second kappa shape index (κ2) is 4.91. The fourth-order valence-electron chi connectivity index (χ4n) is 1.74. The van der Waals surface area contributed by atoms with Crippen LogP contribution in [0.4, 0.5) is 17.6 Å². The number of hydrogen-bond donors (Lipinski definition) is 0. The van der Waals surface area contributed by atoms with Crippen molar-refractivity contribution in [2.24, 2.45) is 0 Å². The Bertz CT molecular complexity index is 573. The molecule has 2 aromatic carbocycles. The summed E-state index contributed by atoms with van der Waals surface area (Å²) in [7, 11) is 0. The molecule has 0 aliphatic carbocycles. The molecule has 0 saturated carbocycles. The lowest BCUT2D eigenvalue weighted by Gasteiger charge is -2.10. The minimum Gasteiger partial charge on any atom is -0.406 e. The molecule has 0 unspecified atom stereocenters. The Morgan fingerprint density at radius 3 is 2.16 bits per heavy atom. The first-order valence-corrected chi connectivity index (χ1v) is 5.47. The van der Waals surface area contributed by atoms with E-state index >= 15 is 0 Å². The van der Waals surface area contributed by atoms with Gasteiger partial charge in [-0.15, -0.1) is 13.2 Å². The van der Waals surface area contributed by atoms with Crippen molar-refractivity contribution in [2.75, 3.05) is 0 Å². The van der Waals surface area contributed by atoms with Gasteiger partial charge in [0.15, 0.2) is 0 Å². The van der Waals surface area contributed by atoms with Gasteiger partial charge in [0.1, 0.15) is 11.6 Å². The normalized spacial score (nSPS) is 11.4. The molecule has 100 valence electrons. The molecule has 0 aliphatic rings. The third-order valence-corrected chi connectivity index (χ3v) is 2.60. The summed E-state index contributed by atoms with van der Waals surface area (Å²) >= 11 is 0. The smallest absolute Gasteiger partial charge is 0.406 e. The van der Waals surface area contributed by atoms with Crippen LogP contribution in [0.3, 0.4) is 0 Å². The highest BCUT2D eigenvalue weighted by atomic mass is 19.4. The topological polar surface area (TPSA) is 9.23 Å². The van der Waals surface area contributed by atoms with Crippen LogP contribution in [-0.4, -0.2) is 6.36 Å². The standard InChI is InChI=1S/C14H10F4O/c1-9-2-5-11(15)8-13(9)10-3-6-12(7-4-10)19-14(16,17)18/h2-8H,1H3. The number of aryl methyl sites for hydroxylation is 1. The van der Waals surface area contributed by atoms with Gasteiger partial charge in [-0.05, 0) is 47.9 Å². The lowest BCUT2D eigenvalue weighted by molar-refractivity contribution is -0.274. The molecule has 0 amide bonds. The predicted molar refractivity (Wildman–Crippen MR) is 63.3 cm³/mol. The zero-order valence-electron chi connectivity index (χ0n) is 9.96. The van der Waals surface area contributed by atoms with E-state index in [1.807, 2.05) is 0 Å². The Morgan fingerprint density at radius 2 is 1.58 bits per heavy atom. The number of ether oxygens (including phenoxy) is 1. The molecular weight excluding hydrogens is 260 g/mol. The van der Waals surface area contributed by atoms with E-state index in [2.05, 4.69) is 4.74 Å². The van der Waals surface area contributed by atoms with Crippen molar-refractivity contribution in [2.45, 2.75) is 13.3 Å². The van der Waals surface area contributed by atoms with Gasteiger partial charge in [0.05, 0.1) is 0 Å². The molecule has 0 saturated heterocycles. The van der Waals surface area contributed by atoms with E-state index in [1.165, 1.54) is 36.4 Å². The van der Waals surface area contributed by atoms with Crippen molar-refractivity contribution in [3.8, 4) is 16.9 Å². The third-order valence-electron chi connectivity index (χ3n) is 2.60. The number of hydrogen-bond acceptors (Lipinski definition) is 1. The summed E-state index contributed by atoms with van der Waals surface area (Å²) in [6.07, 6.45) is -4.71. The van der Waals surface area contributed by atoms with Crippen molar-refractivity contribution in [1.29, 1.82) is 0 Å². The van der Waals surface area contributed by atoms with Crippen molar-refractivity contribution < 1.29 is 22.3 Å². The zero-order valence-corrected chi connectivity index (χ0v) is 9.96. The Kier molecular flexibility index (Phi) is 3.46. The second-order valence-corrected chi connectivity index (χ2v) is 4.03. The summed E-state index contributed by atoms with van der Waals surface area (Å²) in [5.41, 5.74) is 2.11. The summed E-state index contributed by atoms with van der Waals surface area (Å²) in [5.74, 6) is -0.693. The van der Waals surface area contributed by atoms with Crippen molar-refractivity contribution in [1.82, 2.24) is 0 Å². The first-order chi connectivity index (χ1) is 8.85. The zero-order chi connectivity index (χ0) is 14.0. The maximum atomic E-state index is 13.2. The summed E-state index contributed by atoms with van der Waals surface area (Å²) in [5, 5.41) is 0. The fourth-order valence-corrected chi connectivity index (χ4v) is 1.74. The minimum atomic E-state index is -4.71. The number of benzene rings is 2. The van der Waals surface area contributed by atoms with Crippen LogP contribution in [-0.2, 0) is 0 Å². The van der Waals surface area contributed by atoms with Crippen LogP contribution in [0.5, 0.6) is 5.75 Å². The molecular formula is C14H10F4O. The molecule has 0 radical (unpaired) electrons. The Morgan fingerprint density at radius 1 is 0.947 bits per heavy atom. The first kappa shape index (κ1) is 13.4. The van der Waals surface area contributed by atoms with Crippen LogP contribution in [0, 0.1) is 12.7 Å². The molecule has 2 aromatic rings. The van der Waals surface area contributed by atoms with E-state index in [4.69, 9.17) is 0 Å². The lowest BCUT2D eigenvalue weighted by atomic mass is 10.0. The molecule has 19 heavy (non-hydrogen) atoms. The van der Waals surface area contributed by atoms with Crippen LogP contribution >= 0.6 is 0 Å². The van der Waals surface area contributed by atoms with Gasteiger partial charge in [-0.3, -0.25) is 0 Å². The van der Waals surface area contributed by atoms with Gasteiger partial charge in [-0.2, -0.15) is 0 Å². The van der Waals surface area contributed by atoms with E-state index in [0.29, 0.717) is 11.1 Å². The molecule has 0 aliphatic heterocycles. The number of rotatable bonds is 2. The van der Waals surface area contributed by atoms with Crippen molar-refractivity contribution in [3.05, 3.63) is 53.8 Å². The van der Waals surface area contributed by atoms with Crippen molar-refractivity contribution >= 4 is 0 Å². The van der Waals surface area contributed by atoms with E-state index in [9.17, 15) is 17.6 Å². The van der Waals surface area contributed by atoms with Gasteiger partial charge in [-0.25, -0.2) is 4.39 Å². The van der Waals surface area contributed by atoms with Crippen LogP contribution in [0.1, 0.15) is 5.56 Å². The highest BCUT2D eigenvalue weighted by Gasteiger charge is 2.30. The van der Waals surface area contributed by atoms with Gasteiger partial charge in [0, 0.05) is 0 Å². The third kappa shape index (κ3) is 3.47. The first-order valence-electron chi connectivity index (χ1n) is 5.47. The summed E-state index contributed by atoms with van der Waals surface area (Å²) in [4.78, 5) is 0. The molecule has 1 nitrogen and oxygen atoms in total. The van der Waals surface area contributed by atoms with Gasteiger partial charge in [-0.1, -0.05) is 18.2 Å². The van der Waals surface area contributed by atoms with E-state index in [1.54, 1.807) is 13.0 Å². The lowest BCUT2D eigenvalue weighted by Crippen LogP contribution is -2.16. The van der Waals surface area contributed by atoms with Crippen LogP contribution in [0.15, 0.2) is 42.5 Å². The van der Waals surface area contributed by atoms with Gasteiger partial charge in [0.25, 0.3) is 0 Å². The van der Waals surface area contributed by atoms with E-state index in [0.717, 1.165) is 5.56 Å². The van der Waals surface area contributed by atoms with Gasteiger partial charge in [0.2, 0.25) is 0 Å². The van der Waals surface area contributed by atoms with Crippen molar-refractivity contribution in [3.63, 3.8) is 0 Å². The number of alkyl halides is 3. The molecule has 5 heteroatoms. The molecule has 0 spiro atoms. The van der Waals surface area contributed by atoms with Crippen LogP contribution in [0.25, 0.3) is 11.1 Å². The number of halogens is 4. The minimum absolute atomic E-state index is 0.301. The van der Waals surface area contributed by atoms with Crippen LogP contribution < -0.4 is 4.74 Å². The Labute approximate surface area is 107 Å². The summed E-state index contributed by atoms with van der Waals surface area (Å²) in [6, 6.07) is 9.62. The average molecular weight is 270 g/mol. The summed E-state index contributed by atoms with van der Waals surface area (Å²) in [6.45, 7) is 1.80. The maximum absolute atomic E-state index is 13.2. The molecule has 0 fully saturated rings. The molecule has 0 bridgehead atoms. The molecule has 2 rings (SSSR count). The quantitative estimate of drug-likeness (QED) is 0.719. The Hall–Kier alpha value is -2.04. The largest absolute Gasteiger partial charge is 0.573 e. The Balaban J connectivity index is 2.30. The van der Waals surface area contributed by atoms with Crippen LogP contribution in [0.2, 0.25) is 0 Å². The molecule has 0 aromatic heterocycles. The maximum Gasteiger partial charge on any atom is 0.573 e. The molecule has 0 N–H and O–H groups in total. The highest BCUT2D eigenvalue weighted by molar-refractivity contribution is 5.67. The predicted octanol–water partition coefficient (Wildman–Crippen LogP) is 4.70. The van der Waals surface area contributed by atoms with Gasteiger partial charge >= 0.3 is 6.36 Å². The fraction of sp³-hybridized carbons (Fsp3) is 0.143. The average Bonchev–Trinajstić information content (AvgIpc) is 2.31.